The smallest absolute Gasteiger partial charge is 0.410 e. The molecule has 0 N–H and O–H groups in total. The molecular weight excluding hydrogens is 202 g/mol. The molecule has 0 aliphatic rings. The number of allylic oxidation sites excluding steroid dienone is 1. The maximum absolute atomic E-state index is 11.7. The van der Waals surface area contributed by atoms with Gasteiger partial charge in [0.15, 0.2) is 0 Å². The van der Waals surface area contributed by atoms with Crippen LogP contribution in [0.3, 0.4) is 0 Å². The molecule has 0 aromatic carbocycles. The van der Waals surface area contributed by atoms with Crippen LogP contribution in [0.4, 0.5) is 4.79 Å². The summed E-state index contributed by atoms with van der Waals surface area (Å²) in [5.74, 6) is 0. The van der Waals surface area contributed by atoms with Crippen LogP contribution in [0, 0.1) is 0 Å². The first kappa shape index (κ1) is 15.0. The molecule has 16 heavy (non-hydrogen) atoms. The minimum absolute atomic E-state index is 0.187. The van der Waals surface area contributed by atoms with Gasteiger partial charge < -0.3 is 9.64 Å². The van der Waals surface area contributed by atoms with Gasteiger partial charge in [-0.1, -0.05) is 31.9 Å². The first-order valence-electron chi connectivity index (χ1n) is 6.16. The second-order valence-corrected chi connectivity index (χ2v) is 4.20. The molecule has 0 aliphatic heterocycles. The van der Waals surface area contributed by atoms with Crippen molar-refractivity contribution in [2.24, 2.45) is 0 Å². The monoisotopic (exact) mass is 227 g/mol. The standard InChI is InChI=1S/C13H25NO2/c1-5-7-9-14(10-8-12(3)4)13(15)16-11-6-2/h8H,5-7,9-11H2,1-4H3. The van der Waals surface area contributed by atoms with Crippen LogP contribution < -0.4 is 0 Å². The van der Waals surface area contributed by atoms with Crippen LogP contribution in [0.2, 0.25) is 0 Å². The van der Waals surface area contributed by atoms with E-state index in [9.17, 15) is 4.79 Å². The van der Waals surface area contributed by atoms with Gasteiger partial charge in [-0.15, -0.1) is 0 Å². The third-order valence-electron chi connectivity index (χ3n) is 2.19. The molecule has 0 unspecified atom stereocenters. The summed E-state index contributed by atoms with van der Waals surface area (Å²) in [6.07, 6.45) is 4.86. The molecule has 0 fully saturated rings. The molecule has 3 nitrogen and oxygen atoms in total. The van der Waals surface area contributed by atoms with Gasteiger partial charge in [0.1, 0.15) is 0 Å². The van der Waals surface area contributed by atoms with Gasteiger partial charge >= 0.3 is 6.09 Å². The number of amides is 1. The first-order chi connectivity index (χ1) is 7.61. The highest BCUT2D eigenvalue weighted by Gasteiger charge is 2.12. The molecule has 1 amide bonds. The number of ether oxygens (including phenoxy) is 1. The summed E-state index contributed by atoms with van der Waals surface area (Å²) < 4.78 is 5.14. The van der Waals surface area contributed by atoms with E-state index in [0.29, 0.717) is 13.2 Å². The lowest BCUT2D eigenvalue weighted by Gasteiger charge is -2.20. The third-order valence-corrected chi connectivity index (χ3v) is 2.19. The van der Waals surface area contributed by atoms with E-state index in [1.54, 1.807) is 4.90 Å². The number of unbranched alkanes of at least 4 members (excludes halogenated alkanes) is 1. The van der Waals surface area contributed by atoms with Crippen LogP contribution in [0.5, 0.6) is 0 Å². The van der Waals surface area contributed by atoms with Crippen LogP contribution >= 0.6 is 0 Å². The van der Waals surface area contributed by atoms with Crippen molar-refractivity contribution in [1.29, 1.82) is 0 Å². The molecule has 0 saturated heterocycles. The van der Waals surface area contributed by atoms with Crippen molar-refractivity contribution >= 4 is 6.09 Å². The van der Waals surface area contributed by atoms with E-state index < -0.39 is 0 Å². The van der Waals surface area contributed by atoms with E-state index in [0.717, 1.165) is 25.8 Å². The van der Waals surface area contributed by atoms with Crippen molar-refractivity contribution < 1.29 is 9.53 Å². The molecule has 3 heteroatoms. The molecule has 0 bridgehead atoms. The van der Waals surface area contributed by atoms with Gasteiger partial charge in [0.05, 0.1) is 6.61 Å². The van der Waals surface area contributed by atoms with Gasteiger partial charge in [-0.2, -0.15) is 0 Å². The molecule has 0 radical (unpaired) electrons. The van der Waals surface area contributed by atoms with Crippen molar-refractivity contribution in [1.82, 2.24) is 4.90 Å². The largest absolute Gasteiger partial charge is 0.449 e. The predicted octanol–water partition coefficient (Wildman–Crippen LogP) is 3.60. The summed E-state index contributed by atoms with van der Waals surface area (Å²) in [4.78, 5) is 13.5. The fourth-order valence-corrected chi connectivity index (χ4v) is 1.18. The third kappa shape index (κ3) is 7.32. The van der Waals surface area contributed by atoms with Crippen molar-refractivity contribution in [3.05, 3.63) is 11.6 Å². The highest BCUT2D eigenvalue weighted by atomic mass is 16.6. The lowest BCUT2D eigenvalue weighted by atomic mass is 10.3. The molecule has 94 valence electrons. The zero-order chi connectivity index (χ0) is 12.4. The number of hydrogen-bond donors (Lipinski definition) is 0. The van der Waals surface area contributed by atoms with Gasteiger partial charge in [-0.3, -0.25) is 0 Å². The molecule has 0 atom stereocenters. The Labute approximate surface area is 99.5 Å². The second kappa shape index (κ2) is 9.25. The maximum atomic E-state index is 11.7. The maximum Gasteiger partial charge on any atom is 0.410 e. The van der Waals surface area contributed by atoms with E-state index in [2.05, 4.69) is 13.0 Å². The number of nitrogens with zero attached hydrogens (tertiary/aromatic N) is 1. The van der Waals surface area contributed by atoms with Gasteiger partial charge in [0.25, 0.3) is 0 Å². The number of carbonyl (C=O) groups excluding carboxylic acids is 1. The Morgan fingerprint density at radius 3 is 2.44 bits per heavy atom. The number of carbonyl (C=O) groups is 1. The van der Waals surface area contributed by atoms with E-state index in [1.807, 2.05) is 20.8 Å². The fourth-order valence-electron chi connectivity index (χ4n) is 1.18. The zero-order valence-electron chi connectivity index (χ0n) is 11.1. The predicted molar refractivity (Wildman–Crippen MR) is 67.6 cm³/mol. The Balaban J connectivity index is 4.17. The molecule has 0 aromatic heterocycles. The first-order valence-corrected chi connectivity index (χ1v) is 6.16. The summed E-state index contributed by atoms with van der Waals surface area (Å²) in [7, 11) is 0. The summed E-state index contributed by atoms with van der Waals surface area (Å²) >= 11 is 0. The fraction of sp³-hybridized carbons (Fsp3) is 0.769. The van der Waals surface area contributed by atoms with Crippen molar-refractivity contribution in [2.45, 2.75) is 47.0 Å². The average molecular weight is 227 g/mol. The van der Waals surface area contributed by atoms with Crippen LogP contribution in [-0.2, 0) is 4.74 Å². The summed E-state index contributed by atoms with van der Waals surface area (Å²) in [5.41, 5.74) is 1.23. The normalized spacial score (nSPS) is 9.75. The highest BCUT2D eigenvalue weighted by molar-refractivity contribution is 5.67. The average Bonchev–Trinajstić information content (AvgIpc) is 2.25. The van der Waals surface area contributed by atoms with Crippen LogP contribution in [0.25, 0.3) is 0 Å². The van der Waals surface area contributed by atoms with E-state index in [-0.39, 0.29) is 6.09 Å². The van der Waals surface area contributed by atoms with Gasteiger partial charge in [-0.05, 0) is 26.7 Å². The molecule has 0 aliphatic carbocycles. The molecule has 0 heterocycles. The Bertz CT molecular complexity index is 220. The quantitative estimate of drug-likeness (QED) is 0.622. The summed E-state index contributed by atoms with van der Waals surface area (Å²) in [5, 5.41) is 0. The highest BCUT2D eigenvalue weighted by Crippen LogP contribution is 2.01. The number of hydrogen-bond acceptors (Lipinski definition) is 2. The van der Waals surface area contributed by atoms with Gasteiger partial charge in [0.2, 0.25) is 0 Å². The Kier molecular flexibility index (Phi) is 8.68. The zero-order valence-corrected chi connectivity index (χ0v) is 11.1. The van der Waals surface area contributed by atoms with Crippen molar-refractivity contribution in [2.75, 3.05) is 19.7 Å². The molecule has 0 saturated carbocycles. The summed E-state index contributed by atoms with van der Waals surface area (Å²) in [6.45, 7) is 10.1. The lowest BCUT2D eigenvalue weighted by Crippen LogP contribution is -2.33. The molecule has 0 spiro atoms. The van der Waals surface area contributed by atoms with E-state index in [4.69, 9.17) is 4.74 Å². The van der Waals surface area contributed by atoms with E-state index in [1.165, 1.54) is 5.57 Å². The minimum Gasteiger partial charge on any atom is -0.449 e. The molecular formula is C13H25NO2. The SMILES string of the molecule is CCCCN(CC=C(C)C)C(=O)OCCC. The van der Waals surface area contributed by atoms with Crippen molar-refractivity contribution in [3.8, 4) is 0 Å². The van der Waals surface area contributed by atoms with Gasteiger partial charge in [0, 0.05) is 13.1 Å². The van der Waals surface area contributed by atoms with Crippen LogP contribution in [-0.4, -0.2) is 30.7 Å². The summed E-state index contributed by atoms with van der Waals surface area (Å²) in [6, 6.07) is 0. The molecule has 0 aromatic rings. The van der Waals surface area contributed by atoms with Crippen LogP contribution in [0.1, 0.15) is 47.0 Å². The Morgan fingerprint density at radius 2 is 1.94 bits per heavy atom. The Morgan fingerprint density at radius 1 is 1.25 bits per heavy atom. The lowest BCUT2D eigenvalue weighted by molar-refractivity contribution is 0.106. The Hall–Kier alpha value is -0.990. The topological polar surface area (TPSA) is 29.5 Å². The van der Waals surface area contributed by atoms with Crippen LogP contribution in [0.15, 0.2) is 11.6 Å². The minimum atomic E-state index is -0.187. The second-order valence-electron chi connectivity index (χ2n) is 4.20. The van der Waals surface area contributed by atoms with Crippen molar-refractivity contribution in [3.63, 3.8) is 0 Å². The molecule has 0 rings (SSSR count). The van der Waals surface area contributed by atoms with Gasteiger partial charge in [-0.25, -0.2) is 4.79 Å². The van der Waals surface area contributed by atoms with E-state index >= 15 is 0 Å². The number of rotatable bonds is 7.